The Bertz CT molecular complexity index is 585. The van der Waals surface area contributed by atoms with Crippen molar-refractivity contribution in [2.24, 2.45) is 10.9 Å². The van der Waals surface area contributed by atoms with Gasteiger partial charge in [0, 0.05) is 36.1 Å². The van der Waals surface area contributed by atoms with Crippen LogP contribution in [-0.2, 0) is 0 Å². The SMILES string of the molecule is C=C=C(/C=C/NC(=C)C)[C@@H](CC)C(=NC)C1=CC=C(Br)CC1. The van der Waals surface area contributed by atoms with E-state index in [4.69, 9.17) is 0 Å². The Labute approximate surface area is 142 Å². The normalized spacial score (nSPS) is 16.6. The summed E-state index contributed by atoms with van der Waals surface area (Å²) in [5, 5.41) is 3.10. The highest BCUT2D eigenvalue weighted by Gasteiger charge is 2.21. The summed E-state index contributed by atoms with van der Waals surface area (Å²) in [6.45, 7) is 11.8. The largest absolute Gasteiger partial charge is 0.366 e. The second-order valence-electron chi connectivity index (χ2n) is 5.27. The first-order chi connectivity index (χ1) is 10.5. The zero-order valence-corrected chi connectivity index (χ0v) is 15.3. The Morgan fingerprint density at radius 1 is 1.50 bits per heavy atom. The molecule has 0 saturated heterocycles. The molecule has 0 spiro atoms. The Morgan fingerprint density at radius 3 is 2.68 bits per heavy atom. The molecule has 0 aromatic heterocycles. The van der Waals surface area contributed by atoms with Crippen molar-refractivity contribution in [2.75, 3.05) is 7.05 Å². The van der Waals surface area contributed by atoms with E-state index < -0.39 is 0 Å². The minimum absolute atomic E-state index is 0.210. The number of rotatable bonds is 7. The molecule has 0 bridgehead atoms. The first kappa shape index (κ1) is 18.5. The minimum atomic E-state index is 0.210. The van der Waals surface area contributed by atoms with Gasteiger partial charge in [0.15, 0.2) is 0 Å². The van der Waals surface area contributed by atoms with Crippen molar-refractivity contribution in [2.45, 2.75) is 33.1 Å². The quantitative estimate of drug-likeness (QED) is 0.365. The Morgan fingerprint density at radius 2 is 2.23 bits per heavy atom. The van der Waals surface area contributed by atoms with Crippen molar-refractivity contribution in [3.05, 3.63) is 64.6 Å². The molecular formula is C19H25BrN2. The van der Waals surface area contributed by atoms with Gasteiger partial charge in [-0.25, -0.2) is 0 Å². The van der Waals surface area contributed by atoms with Crippen molar-refractivity contribution < 1.29 is 0 Å². The van der Waals surface area contributed by atoms with Gasteiger partial charge in [-0.15, -0.1) is 5.73 Å². The lowest BCUT2D eigenvalue weighted by atomic mass is 9.85. The van der Waals surface area contributed by atoms with E-state index in [9.17, 15) is 0 Å². The zero-order chi connectivity index (χ0) is 16.5. The van der Waals surface area contributed by atoms with Crippen LogP contribution in [0.1, 0.15) is 33.1 Å². The van der Waals surface area contributed by atoms with Crippen LogP contribution >= 0.6 is 15.9 Å². The Balaban J connectivity index is 3.03. The van der Waals surface area contributed by atoms with Gasteiger partial charge in [0.2, 0.25) is 0 Å². The zero-order valence-electron chi connectivity index (χ0n) is 13.7. The molecule has 0 fully saturated rings. The van der Waals surface area contributed by atoms with Crippen LogP contribution in [-0.4, -0.2) is 12.8 Å². The molecule has 0 aliphatic heterocycles. The molecule has 0 aromatic carbocycles. The molecule has 0 aromatic rings. The van der Waals surface area contributed by atoms with Crippen molar-refractivity contribution in [1.29, 1.82) is 0 Å². The summed E-state index contributed by atoms with van der Waals surface area (Å²) >= 11 is 3.55. The molecule has 1 atom stereocenters. The third kappa shape index (κ3) is 5.32. The first-order valence-corrected chi connectivity index (χ1v) is 8.33. The monoisotopic (exact) mass is 360 g/mol. The van der Waals surface area contributed by atoms with Crippen molar-refractivity contribution in [3.63, 3.8) is 0 Å². The molecule has 2 nitrogen and oxygen atoms in total. The van der Waals surface area contributed by atoms with Gasteiger partial charge in [0.05, 0.1) is 0 Å². The molecule has 0 radical (unpaired) electrons. The van der Waals surface area contributed by atoms with Crippen LogP contribution in [0, 0.1) is 5.92 Å². The van der Waals surface area contributed by atoms with E-state index in [1.165, 1.54) is 10.1 Å². The van der Waals surface area contributed by atoms with E-state index in [1.807, 2.05) is 26.2 Å². The fourth-order valence-electron chi connectivity index (χ4n) is 2.48. The number of nitrogens with zero attached hydrogens (tertiary/aromatic N) is 1. The molecule has 1 aliphatic carbocycles. The van der Waals surface area contributed by atoms with E-state index in [1.54, 1.807) is 0 Å². The molecule has 0 unspecified atom stereocenters. The first-order valence-electron chi connectivity index (χ1n) is 7.54. The lowest BCUT2D eigenvalue weighted by Crippen LogP contribution is -2.19. The van der Waals surface area contributed by atoms with Crippen LogP contribution in [0.2, 0.25) is 0 Å². The molecule has 118 valence electrons. The highest BCUT2D eigenvalue weighted by molar-refractivity contribution is 9.11. The maximum absolute atomic E-state index is 4.56. The van der Waals surface area contributed by atoms with Gasteiger partial charge < -0.3 is 5.32 Å². The van der Waals surface area contributed by atoms with E-state index in [0.717, 1.165) is 36.2 Å². The maximum Gasteiger partial charge on any atom is 0.0457 e. The predicted octanol–water partition coefficient (Wildman–Crippen LogP) is 5.43. The molecule has 3 heteroatoms. The highest BCUT2D eigenvalue weighted by Crippen LogP contribution is 2.29. The fraction of sp³-hybridized carbons (Fsp3) is 0.368. The third-order valence-corrected chi connectivity index (χ3v) is 4.24. The van der Waals surface area contributed by atoms with Crippen LogP contribution in [0.5, 0.6) is 0 Å². The molecule has 1 rings (SSSR count). The molecule has 22 heavy (non-hydrogen) atoms. The third-order valence-electron chi connectivity index (χ3n) is 3.58. The average Bonchev–Trinajstić information content (AvgIpc) is 2.51. The summed E-state index contributed by atoms with van der Waals surface area (Å²) in [6, 6.07) is 0. The summed E-state index contributed by atoms with van der Waals surface area (Å²) in [7, 11) is 1.86. The number of halogens is 1. The van der Waals surface area contributed by atoms with E-state index in [2.05, 4.69) is 64.2 Å². The Kier molecular flexibility index (Phi) is 7.94. The van der Waals surface area contributed by atoms with Crippen LogP contribution in [0.25, 0.3) is 0 Å². The fourth-order valence-corrected chi connectivity index (χ4v) is 2.81. The minimum Gasteiger partial charge on any atom is -0.366 e. The van der Waals surface area contributed by atoms with Crippen LogP contribution in [0.15, 0.2) is 69.6 Å². The lowest BCUT2D eigenvalue weighted by molar-refractivity contribution is 0.774. The summed E-state index contributed by atoms with van der Waals surface area (Å²) in [5.74, 6) is 0.210. The lowest BCUT2D eigenvalue weighted by Gasteiger charge is -2.22. The van der Waals surface area contributed by atoms with Gasteiger partial charge in [-0.05, 0) is 42.3 Å². The molecule has 0 heterocycles. The molecule has 1 aliphatic rings. The topological polar surface area (TPSA) is 24.4 Å². The molecule has 1 N–H and O–H groups in total. The van der Waals surface area contributed by atoms with Crippen LogP contribution < -0.4 is 5.32 Å². The Hall–Kier alpha value is -1.57. The number of nitrogens with one attached hydrogen (secondary N) is 1. The number of hydrogen-bond acceptors (Lipinski definition) is 2. The van der Waals surface area contributed by atoms with Gasteiger partial charge in [-0.3, -0.25) is 4.99 Å². The number of hydrogen-bond donors (Lipinski definition) is 1. The molecular weight excluding hydrogens is 336 g/mol. The second-order valence-corrected chi connectivity index (χ2v) is 6.28. The second kappa shape index (κ2) is 9.45. The van der Waals surface area contributed by atoms with Gasteiger partial charge >= 0.3 is 0 Å². The van der Waals surface area contributed by atoms with E-state index in [-0.39, 0.29) is 5.92 Å². The van der Waals surface area contributed by atoms with Crippen molar-refractivity contribution in [3.8, 4) is 0 Å². The van der Waals surface area contributed by atoms with Crippen LogP contribution in [0.4, 0.5) is 0 Å². The van der Waals surface area contributed by atoms with Gasteiger partial charge in [-0.2, -0.15) is 0 Å². The summed E-state index contributed by atoms with van der Waals surface area (Å²) in [4.78, 5) is 4.56. The number of aliphatic imine (C=N–C) groups is 1. The van der Waals surface area contributed by atoms with E-state index >= 15 is 0 Å². The standard InChI is InChI=1S/C19H25BrN2/c1-6-15(12-13-22-14(3)4)18(7-2)19(21-5)16-8-10-17(20)11-9-16/h8,10,12-13,18,22H,1,3,7,9,11H2,2,4-5H3/b13-12+,21-19?/t18-/m1/s1. The molecule has 0 saturated carbocycles. The predicted molar refractivity (Wildman–Crippen MR) is 101 cm³/mol. The van der Waals surface area contributed by atoms with Crippen molar-refractivity contribution in [1.82, 2.24) is 5.32 Å². The number of allylic oxidation sites excluding steroid dienone is 7. The van der Waals surface area contributed by atoms with Gasteiger partial charge in [0.25, 0.3) is 0 Å². The summed E-state index contributed by atoms with van der Waals surface area (Å²) in [6.07, 6.45) is 11.2. The average molecular weight is 361 g/mol. The smallest absolute Gasteiger partial charge is 0.0457 e. The summed E-state index contributed by atoms with van der Waals surface area (Å²) < 4.78 is 1.24. The maximum atomic E-state index is 4.56. The van der Waals surface area contributed by atoms with E-state index in [0.29, 0.717) is 0 Å². The summed E-state index contributed by atoms with van der Waals surface area (Å²) in [5.41, 5.74) is 7.45. The van der Waals surface area contributed by atoms with Gasteiger partial charge in [-0.1, -0.05) is 48.2 Å². The van der Waals surface area contributed by atoms with Crippen molar-refractivity contribution >= 4 is 21.6 Å². The highest BCUT2D eigenvalue weighted by atomic mass is 79.9. The van der Waals surface area contributed by atoms with Crippen LogP contribution in [0.3, 0.4) is 0 Å². The molecule has 0 amide bonds. The van der Waals surface area contributed by atoms with Gasteiger partial charge in [0.1, 0.15) is 0 Å².